The van der Waals surface area contributed by atoms with Gasteiger partial charge >= 0.3 is 0 Å². The zero-order valence-corrected chi connectivity index (χ0v) is 11.2. The summed E-state index contributed by atoms with van der Waals surface area (Å²) in [6, 6.07) is 0. The summed E-state index contributed by atoms with van der Waals surface area (Å²) in [7, 11) is 0. The fourth-order valence-electron chi connectivity index (χ4n) is 2.78. The Bertz CT molecular complexity index is 364. The fraction of sp³-hybridized carbons (Fsp3) is 0.786. The molecular formula is C14H24N2O. The minimum atomic E-state index is -0.494. The van der Waals surface area contributed by atoms with Crippen LogP contribution in [0.1, 0.15) is 45.9 Å². The van der Waals surface area contributed by atoms with Crippen LogP contribution in [0.3, 0.4) is 0 Å². The average Bonchev–Trinajstić information content (AvgIpc) is 2.62. The lowest BCUT2D eigenvalue weighted by molar-refractivity contribution is -0.0876. The molecule has 0 aliphatic heterocycles. The molecule has 0 spiro atoms. The van der Waals surface area contributed by atoms with Crippen LogP contribution < -0.4 is 0 Å². The molecule has 0 amide bonds. The Labute approximate surface area is 104 Å². The van der Waals surface area contributed by atoms with Gasteiger partial charge in [-0.25, -0.2) is 4.98 Å². The molecule has 1 N–H and O–H groups in total. The van der Waals surface area contributed by atoms with Gasteiger partial charge in [-0.2, -0.15) is 0 Å². The molecule has 0 aromatic carbocycles. The van der Waals surface area contributed by atoms with Crippen molar-refractivity contribution in [2.45, 2.75) is 58.6 Å². The van der Waals surface area contributed by atoms with Crippen LogP contribution in [0.2, 0.25) is 0 Å². The molecule has 0 bridgehead atoms. The maximum atomic E-state index is 10.4. The predicted molar refractivity (Wildman–Crippen MR) is 68.7 cm³/mol. The van der Waals surface area contributed by atoms with Crippen LogP contribution in [0.4, 0.5) is 0 Å². The summed E-state index contributed by atoms with van der Waals surface area (Å²) < 4.78 is 2.17. The summed E-state index contributed by atoms with van der Waals surface area (Å²) in [5.74, 6) is 2.41. The molecule has 0 unspecified atom stereocenters. The molecule has 1 aliphatic carbocycles. The van der Waals surface area contributed by atoms with E-state index in [9.17, 15) is 5.11 Å². The van der Waals surface area contributed by atoms with Crippen molar-refractivity contribution in [3.8, 4) is 0 Å². The number of hydrogen-bond donors (Lipinski definition) is 1. The van der Waals surface area contributed by atoms with E-state index in [4.69, 9.17) is 0 Å². The Kier molecular flexibility index (Phi) is 3.57. The van der Waals surface area contributed by atoms with Gasteiger partial charge < -0.3 is 9.67 Å². The number of rotatable bonds is 5. The second-order valence-corrected chi connectivity index (χ2v) is 5.85. The quantitative estimate of drug-likeness (QED) is 0.853. The first kappa shape index (κ1) is 12.6. The SMILES string of the molecule is CCCn1ccnc1CC1(O)CC(C(C)C)C1. The van der Waals surface area contributed by atoms with Gasteiger partial charge in [0.2, 0.25) is 0 Å². The Balaban J connectivity index is 1.95. The maximum absolute atomic E-state index is 10.4. The van der Waals surface area contributed by atoms with E-state index in [-0.39, 0.29) is 0 Å². The van der Waals surface area contributed by atoms with Crippen LogP contribution in [0.5, 0.6) is 0 Å². The lowest BCUT2D eigenvalue weighted by Crippen LogP contribution is -2.47. The van der Waals surface area contributed by atoms with E-state index in [2.05, 4.69) is 30.3 Å². The van der Waals surface area contributed by atoms with E-state index in [1.807, 2.05) is 12.4 Å². The normalized spacial score (nSPS) is 28.4. The van der Waals surface area contributed by atoms with Crippen molar-refractivity contribution in [3.63, 3.8) is 0 Å². The lowest BCUT2D eigenvalue weighted by Gasteiger charge is -2.45. The van der Waals surface area contributed by atoms with Crippen LogP contribution in [0, 0.1) is 11.8 Å². The molecule has 17 heavy (non-hydrogen) atoms. The maximum Gasteiger partial charge on any atom is 0.111 e. The van der Waals surface area contributed by atoms with Gasteiger partial charge in [-0.15, -0.1) is 0 Å². The van der Waals surface area contributed by atoms with Gasteiger partial charge in [-0.05, 0) is 31.1 Å². The fourth-order valence-corrected chi connectivity index (χ4v) is 2.78. The molecule has 1 saturated carbocycles. The van der Waals surface area contributed by atoms with E-state index >= 15 is 0 Å². The standard InChI is InChI=1S/C14H24N2O/c1-4-6-16-7-5-15-13(16)10-14(17)8-12(9-14)11(2)3/h5,7,11-12,17H,4,6,8-10H2,1-3H3. The zero-order chi connectivity index (χ0) is 12.5. The number of hydrogen-bond acceptors (Lipinski definition) is 2. The molecule has 0 saturated heterocycles. The highest BCUT2D eigenvalue weighted by atomic mass is 16.3. The second kappa shape index (κ2) is 4.81. The van der Waals surface area contributed by atoms with E-state index < -0.39 is 5.60 Å². The van der Waals surface area contributed by atoms with Gasteiger partial charge in [0.05, 0.1) is 5.60 Å². The largest absolute Gasteiger partial charge is 0.389 e. The summed E-state index contributed by atoms with van der Waals surface area (Å²) in [6.45, 7) is 7.64. The van der Waals surface area contributed by atoms with Crippen molar-refractivity contribution in [1.82, 2.24) is 9.55 Å². The molecule has 96 valence electrons. The Morgan fingerprint density at radius 1 is 1.53 bits per heavy atom. The number of nitrogens with zero attached hydrogens (tertiary/aromatic N) is 2. The molecule has 0 atom stereocenters. The summed E-state index contributed by atoms with van der Waals surface area (Å²) in [6.07, 6.45) is 7.54. The molecule has 2 rings (SSSR count). The Morgan fingerprint density at radius 2 is 2.24 bits per heavy atom. The monoisotopic (exact) mass is 236 g/mol. The van der Waals surface area contributed by atoms with Crippen molar-refractivity contribution < 1.29 is 5.11 Å². The highest BCUT2D eigenvalue weighted by Gasteiger charge is 2.44. The highest BCUT2D eigenvalue weighted by molar-refractivity contribution is 5.04. The van der Waals surface area contributed by atoms with Gasteiger partial charge in [0, 0.05) is 25.4 Å². The minimum absolute atomic E-state index is 0.494. The van der Waals surface area contributed by atoms with Crippen molar-refractivity contribution in [1.29, 1.82) is 0 Å². The summed E-state index contributed by atoms with van der Waals surface area (Å²) in [5, 5.41) is 10.4. The molecule has 1 aromatic heterocycles. The zero-order valence-electron chi connectivity index (χ0n) is 11.2. The summed E-state index contributed by atoms with van der Waals surface area (Å²) in [4.78, 5) is 4.37. The van der Waals surface area contributed by atoms with Crippen LogP contribution >= 0.6 is 0 Å². The third-order valence-electron chi connectivity index (χ3n) is 3.98. The van der Waals surface area contributed by atoms with Crippen molar-refractivity contribution in [3.05, 3.63) is 18.2 Å². The van der Waals surface area contributed by atoms with E-state index in [1.54, 1.807) is 0 Å². The molecule has 1 fully saturated rings. The number of aromatic nitrogens is 2. The van der Waals surface area contributed by atoms with Crippen molar-refractivity contribution in [2.24, 2.45) is 11.8 Å². The second-order valence-electron chi connectivity index (χ2n) is 5.85. The smallest absolute Gasteiger partial charge is 0.111 e. The molecular weight excluding hydrogens is 212 g/mol. The van der Waals surface area contributed by atoms with Gasteiger partial charge in [-0.1, -0.05) is 20.8 Å². The first-order chi connectivity index (χ1) is 8.04. The van der Waals surface area contributed by atoms with Crippen LogP contribution in [0.15, 0.2) is 12.4 Å². The topological polar surface area (TPSA) is 38.0 Å². The lowest BCUT2D eigenvalue weighted by atomic mass is 9.65. The number of aryl methyl sites for hydroxylation is 1. The molecule has 1 aromatic rings. The average molecular weight is 236 g/mol. The first-order valence-electron chi connectivity index (χ1n) is 6.76. The van der Waals surface area contributed by atoms with Gasteiger partial charge in [-0.3, -0.25) is 0 Å². The van der Waals surface area contributed by atoms with E-state index in [1.165, 1.54) is 0 Å². The van der Waals surface area contributed by atoms with Gasteiger partial charge in [0.25, 0.3) is 0 Å². The van der Waals surface area contributed by atoms with E-state index in [0.717, 1.165) is 31.6 Å². The van der Waals surface area contributed by atoms with Crippen molar-refractivity contribution >= 4 is 0 Å². The Hall–Kier alpha value is -0.830. The molecule has 0 radical (unpaired) electrons. The number of aliphatic hydroxyl groups is 1. The third kappa shape index (κ3) is 2.71. The summed E-state index contributed by atoms with van der Waals surface area (Å²) >= 11 is 0. The molecule has 1 aliphatic rings. The van der Waals surface area contributed by atoms with Gasteiger partial charge in [0.15, 0.2) is 0 Å². The van der Waals surface area contributed by atoms with Gasteiger partial charge in [0.1, 0.15) is 5.82 Å². The summed E-state index contributed by atoms with van der Waals surface area (Å²) in [5.41, 5.74) is -0.494. The van der Waals surface area contributed by atoms with E-state index in [0.29, 0.717) is 18.3 Å². The molecule has 3 nitrogen and oxygen atoms in total. The minimum Gasteiger partial charge on any atom is -0.389 e. The first-order valence-corrected chi connectivity index (χ1v) is 6.76. The predicted octanol–water partition coefficient (Wildman–Crippen LogP) is 2.63. The van der Waals surface area contributed by atoms with Crippen LogP contribution in [-0.4, -0.2) is 20.3 Å². The molecule has 3 heteroatoms. The van der Waals surface area contributed by atoms with Crippen LogP contribution in [-0.2, 0) is 13.0 Å². The highest BCUT2D eigenvalue weighted by Crippen LogP contribution is 2.43. The number of imidazole rings is 1. The third-order valence-corrected chi connectivity index (χ3v) is 3.98. The van der Waals surface area contributed by atoms with Crippen molar-refractivity contribution in [2.75, 3.05) is 0 Å². The molecule has 1 heterocycles. The van der Waals surface area contributed by atoms with Crippen LogP contribution in [0.25, 0.3) is 0 Å². The Morgan fingerprint density at radius 3 is 2.82 bits per heavy atom.